The van der Waals surface area contributed by atoms with Crippen LogP contribution in [0.4, 0.5) is 0 Å². The summed E-state index contributed by atoms with van der Waals surface area (Å²) in [5.74, 6) is 1.20. The molecule has 1 aromatic carbocycles. The van der Waals surface area contributed by atoms with Gasteiger partial charge in [-0.05, 0) is 85.1 Å². The molecular formula is C32H40N2O2S. The van der Waals surface area contributed by atoms with Crippen molar-refractivity contribution < 1.29 is 9.59 Å². The third-order valence-electron chi connectivity index (χ3n) is 10.6. The predicted molar refractivity (Wildman–Crippen MR) is 149 cm³/mol. The summed E-state index contributed by atoms with van der Waals surface area (Å²) in [5, 5.41) is 5.38. The number of nitrogens with zero attached hydrogens (tertiary/aromatic N) is 1. The second-order valence-corrected chi connectivity index (χ2v) is 13.6. The minimum Gasteiger partial charge on any atom is -0.347 e. The lowest BCUT2D eigenvalue weighted by Crippen LogP contribution is -2.57. The minimum absolute atomic E-state index is 0.0502. The maximum Gasteiger partial charge on any atom is 0.239 e. The zero-order chi connectivity index (χ0) is 25.8. The number of amides is 2. The van der Waals surface area contributed by atoms with E-state index in [2.05, 4.69) is 48.8 Å². The Hall–Kier alpha value is -2.40. The lowest BCUT2D eigenvalue weighted by Gasteiger charge is -2.58. The van der Waals surface area contributed by atoms with Crippen molar-refractivity contribution in [3.63, 3.8) is 0 Å². The van der Waals surface area contributed by atoms with E-state index in [-0.39, 0.29) is 23.3 Å². The number of nitrogens with one attached hydrogen (secondary N) is 1. The van der Waals surface area contributed by atoms with E-state index in [9.17, 15) is 9.59 Å². The van der Waals surface area contributed by atoms with Crippen LogP contribution in [0.3, 0.4) is 0 Å². The van der Waals surface area contributed by atoms with Gasteiger partial charge in [-0.3, -0.25) is 9.59 Å². The molecule has 1 aliphatic heterocycles. The highest BCUT2D eigenvalue weighted by atomic mass is 32.1. The Morgan fingerprint density at radius 2 is 1.92 bits per heavy atom. The van der Waals surface area contributed by atoms with Crippen LogP contribution in [0.15, 0.2) is 59.6 Å². The summed E-state index contributed by atoms with van der Waals surface area (Å²) in [6, 6.07) is 14.3. The molecule has 1 aromatic heterocycles. The topological polar surface area (TPSA) is 49.4 Å². The molecule has 0 spiro atoms. The highest BCUT2D eigenvalue weighted by Crippen LogP contribution is 2.64. The fourth-order valence-corrected chi connectivity index (χ4v) is 9.53. The van der Waals surface area contributed by atoms with Gasteiger partial charge in [0.15, 0.2) is 0 Å². The van der Waals surface area contributed by atoms with E-state index in [1.807, 2.05) is 36.2 Å². The average molecular weight is 517 g/mol. The van der Waals surface area contributed by atoms with Gasteiger partial charge in [-0.25, -0.2) is 0 Å². The lowest BCUT2D eigenvalue weighted by molar-refractivity contribution is -0.149. The summed E-state index contributed by atoms with van der Waals surface area (Å²) >= 11 is 1.66. The molecule has 2 saturated carbocycles. The van der Waals surface area contributed by atoms with Gasteiger partial charge in [0.25, 0.3) is 0 Å². The number of fused-ring (bicyclic) bond motifs is 5. The highest BCUT2D eigenvalue weighted by Gasteiger charge is 2.59. The van der Waals surface area contributed by atoms with Gasteiger partial charge in [0, 0.05) is 23.0 Å². The van der Waals surface area contributed by atoms with Crippen LogP contribution in [0.2, 0.25) is 0 Å². The summed E-state index contributed by atoms with van der Waals surface area (Å²) in [6.07, 6.45) is 11.4. The maximum absolute atomic E-state index is 13.9. The molecule has 2 aromatic rings. The first kappa shape index (κ1) is 24.9. The summed E-state index contributed by atoms with van der Waals surface area (Å²) in [4.78, 5) is 30.5. The molecule has 0 radical (unpaired) electrons. The van der Waals surface area contributed by atoms with Gasteiger partial charge in [-0.15, -0.1) is 11.3 Å². The number of carbonyl (C=O) groups is 2. The second kappa shape index (κ2) is 9.41. The molecule has 1 saturated heterocycles. The zero-order valence-corrected chi connectivity index (χ0v) is 23.2. The Balaban J connectivity index is 1.26. The first-order valence-electron chi connectivity index (χ1n) is 14.2. The first-order chi connectivity index (χ1) is 17.8. The van der Waals surface area contributed by atoms with Crippen LogP contribution in [0.1, 0.15) is 75.3 Å². The number of carbonyl (C=O) groups excluding carboxylic acids is 2. The number of benzene rings is 1. The van der Waals surface area contributed by atoms with Gasteiger partial charge in [-0.1, -0.05) is 62.7 Å². The molecule has 196 valence electrons. The van der Waals surface area contributed by atoms with Crippen molar-refractivity contribution in [3.8, 4) is 0 Å². The third kappa shape index (κ3) is 4.18. The smallest absolute Gasteiger partial charge is 0.239 e. The summed E-state index contributed by atoms with van der Waals surface area (Å²) in [7, 11) is 1.90. The Bertz CT molecular complexity index is 1190. The molecule has 1 N–H and O–H groups in total. The van der Waals surface area contributed by atoms with Gasteiger partial charge in [-0.2, -0.15) is 0 Å². The number of hydrogen-bond donors (Lipinski definition) is 1. The number of allylic oxidation sites excluding steroid dienone is 2. The fraction of sp³-hybridized carbons (Fsp3) is 0.562. The summed E-state index contributed by atoms with van der Waals surface area (Å²) < 4.78 is 0. The van der Waals surface area contributed by atoms with Gasteiger partial charge < -0.3 is 10.2 Å². The molecule has 5 heteroatoms. The van der Waals surface area contributed by atoms with Gasteiger partial charge in [0.2, 0.25) is 11.8 Å². The number of piperidine rings is 1. The average Bonchev–Trinajstić information content (AvgIpc) is 3.56. The molecule has 3 aliphatic carbocycles. The van der Waals surface area contributed by atoms with Gasteiger partial charge in [0.05, 0.1) is 6.04 Å². The second-order valence-electron chi connectivity index (χ2n) is 12.6. The molecule has 6 rings (SSSR count). The van der Waals surface area contributed by atoms with E-state index in [4.69, 9.17) is 0 Å². The molecule has 2 unspecified atom stereocenters. The molecular weight excluding hydrogens is 476 g/mol. The van der Waals surface area contributed by atoms with Crippen LogP contribution >= 0.6 is 11.3 Å². The Labute approximate surface area is 225 Å². The van der Waals surface area contributed by atoms with Crippen molar-refractivity contribution in [2.24, 2.45) is 34.5 Å². The number of likely N-dealkylation sites (tertiary alicyclic amines) is 1. The van der Waals surface area contributed by atoms with Crippen LogP contribution in [0.5, 0.6) is 0 Å². The number of rotatable bonds is 5. The van der Waals surface area contributed by atoms with E-state index < -0.39 is 5.92 Å². The van der Waals surface area contributed by atoms with Crippen molar-refractivity contribution in [3.05, 3.63) is 70.1 Å². The predicted octanol–water partition coefficient (Wildman–Crippen LogP) is 6.75. The number of thiophene rings is 1. The Kier molecular flexibility index (Phi) is 6.34. The van der Waals surface area contributed by atoms with Crippen LogP contribution < -0.4 is 5.32 Å². The molecule has 37 heavy (non-hydrogen) atoms. The van der Waals surface area contributed by atoms with E-state index in [1.54, 1.807) is 11.3 Å². The number of hydrogen-bond acceptors (Lipinski definition) is 3. The molecule has 2 heterocycles. The monoisotopic (exact) mass is 516 g/mol. The molecule has 7 atom stereocenters. The summed E-state index contributed by atoms with van der Waals surface area (Å²) in [5.41, 5.74) is 2.71. The normalized spacial score (nSPS) is 35.7. The zero-order valence-electron chi connectivity index (χ0n) is 22.4. The third-order valence-corrected chi connectivity index (χ3v) is 11.6. The first-order valence-corrected chi connectivity index (χ1v) is 15.0. The van der Waals surface area contributed by atoms with E-state index in [0.29, 0.717) is 23.7 Å². The standard InChI is InChI=1S/C32H40N2O2S/c1-31-16-7-11-24(31)22-13-14-28-32(2,25(22)15-17-31)20-23(30(36)34(28)3)29(35)33-26(27-12-8-18-37-27)19-21-9-5-4-6-10-21/h4-6,8-10,12,14,18,22-26H,7,11,13,15-17,19-20H2,1-3H3,(H,33,35)/t22-,23?,24-,25+,26?,31-,32+/m0/s1. The van der Waals surface area contributed by atoms with Crippen molar-refractivity contribution in [1.29, 1.82) is 0 Å². The van der Waals surface area contributed by atoms with Crippen LogP contribution in [-0.2, 0) is 16.0 Å². The Morgan fingerprint density at radius 3 is 2.68 bits per heavy atom. The fourth-order valence-electron chi connectivity index (χ4n) is 8.75. The molecule has 3 fully saturated rings. The van der Waals surface area contributed by atoms with Crippen molar-refractivity contribution in [1.82, 2.24) is 10.2 Å². The Morgan fingerprint density at radius 1 is 1.11 bits per heavy atom. The van der Waals surface area contributed by atoms with Gasteiger partial charge >= 0.3 is 0 Å². The van der Waals surface area contributed by atoms with E-state index in [0.717, 1.165) is 23.6 Å². The highest BCUT2D eigenvalue weighted by molar-refractivity contribution is 7.10. The van der Waals surface area contributed by atoms with E-state index in [1.165, 1.54) is 43.4 Å². The largest absolute Gasteiger partial charge is 0.347 e. The maximum atomic E-state index is 13.9. The SMILES string of the molecule is CN1C(=O)C(C(=O)NC(Cc2ccccc2)c2cccs2)C[C@@]2(C)C1=CC[C@@H]1[C@H]2CC[C@]2(C)CCC[C@@H]12. The summed E-state index contributed by atoms with van der Waals surface area (Å²) in [6.45, 7) is 4.88. The van der Waals surface area contributed by atoms with Crippen molar-refractivity contribution >= 4 is 23.2 Å². The molecule has 4 nitrogen and oxygen atoms in total. The van der Waals surface area contributed by atoms with E-state index >= 15 is 0 Å². The minimum atomic E-state index is -0.638. The van der Waals surface area contributed by atoms with Crippen molar-refractivity contribution in [2.75, 3.05) is 7.05 Å². The lowest BCUT2D eigenvalue weighted by atomic mass is 9.49. The van der Waals surface area contributed by atoms with Gasteiger partial charge in [0.1, 0.15) is 5.92 Å². The van der Waals surface area contributed by atoms with Crippen LogP contribution in [0, 0.1) is 34.5 Å². The molecule has 0 bridgehead atoms. The molecule has 2 amide bonds. The van der Waals surface area contributed by atoms with Crippen molar-refractivity contribution in [2.45, 2.75) is 71.3 Å². The molecule has 4 aliphatic rings. The van der Waals surface area contributed by atoms with Crippen LogP contribution in [-0.4, -0.2) is 23.8 Å². The van der Waals surface area contributed by atoms with Crippen LogP contribution in [0.25, 0.3) is 0 Å². The quantitative estimate of drug-likeness (QED) is 0.447.